The summed E-state index contributed by atoms with van der Waals surface area (Å²) in [5.74, 6) is 0. The lowest BCUT2D eigenvalue weighted by Crippen LogP contribution is -2.32. The van der Waals surface area contributed by atoms with Gasteiger partial charge in [-0.2, -0.15) is 8.42 Å². The number of carbonyl (C=O) groups is 1. The summed E-state index contributed by atoms with van der Waals surface area (Å²) in [5.41, 5.74) is 7.19. The Labute approximate surface area is 130 Å². The Morgan fingerprint density at radius 1 is 1.23 bits per heavy atom. The van der Waals surface area contributed by atoms with Gasteiger partial charge < -0.3 is 15.8 Å². The van der Waals surface area contributed by atoms with Gasteiger partial charge in [-0.25, -0.2) is 4.79 Å². The van der Waals surface area contributed by atoms with E-state index in [2.05, 4.69) is 5.32 Å². The quantitative estimate of drug-likeness (QED) is 0.614. The monoisotopic (exact) mass is 334 g/mol. The molecule has 0 bridgehead atoms. The van der Waals surface area contributed by atoms with Crippen LogP contribution in [0, 0.1) is 0 Å². The number of hydrogen-bond acceptors (Lipinski definition) is 5. The molecule has 8 nitrogen and oxygen atoms in total. The molecule has 0 fully saturated rings. The second kappa shape index (κ2) is 8.69. The molecule has 0 spiro atoms. The Bertz CT molecular complexity index is 572. The lowest BCUT2D eigenvalue weighted by atomic mass is 10.1. The predicted molar refractivity (Wildman–Crippen MR) is 81.6 cm³/mol. The third-order valence-corrected chi connectivity index (χ3v) is 2.16. The highest BCUT2D eigenvalue weighted by Gasteiger charge is 2.15. The Morgan fingerprint density at radius 2 is 1.68 bits per heavy atom. The van der Waals surface area contributed by atoms with E-state index in [1.165, 1.54) is 0 Å². The molecule has 5 N–H and O–H groups in total. The summed E-state index contributed by atoms with van der Waals surface area (Å²) < 4.78 is 36.7. The van der Waals surface area contributed by atoms with Crippen LogP contribution in [0.1, 0.15) is 31.9 Å². The van der Waals surface area contributed by atoms with Gasteiger partial charge in [-0.1, -0.05) is 24.3 Å². The van der Waals surface area contributed by atoms with Gasteiger partial charge in [-0.3, -0.25) is 9.11 Å². The fourth-order valence-electron chi connectivity index (χ4n) is 1.41. The van der Waals surface area contributed by atoms with Crippen LogP contribution in [0.4, 0.5) is 4.79 Å². The van der Waals surface area contributed by atoms with Gasteiger partial charge >= 0.3 is 16.5 Å². The molecule has 1 amide bonds. The molecule has 0 saturated carbocycles. The van der Waals surface area contributed by atoms with Gasteiger partial charge in [-0.05, 0) is 31.9 Å². The molecule has 0 saturated heterocycles. The number of carbonyl (C=O) groups excluding carboxylic acids is 1. The van der Waals surface area contributed by atoms with E-state index in [4.69, 9.17) is 28.0 Å². The predicted octanol–water partition coefficient (Wildman–Crippen LogP) is 1.52. The van der Waals surface area contributed by atoms with Gasteiger partial charge in [0.15, 0.2) is 0 Å². The fraction of sp³-hybridized carbons (Fsp3) is 0.462. The highest BCUT2D eigenvalue weighted by Crippen LogP contribution is 2.09. The van der Waals surface area contributed by atoms with Crippen LogP contribution in [0.3, 0.4) is 0 Å². The zero-order valence-electron chi connectivity index (χ0n) is 12.7. The van der Waals surface area contributed by atoms with Crippen molar-refractivity contribution in [3.05, 3.63) is 35.4 Å². The molecular formula is C13H22N2O6S. The van der Waals surface area contributed by atoms with Gasteiger partial charge in [0.2, 0.25) is 0 Å². The maximum Gasteiger partial charge on any atom is 0.407 e. The number of hydrogen-bond donors (Lipinski definition) is 4. The molecule has 22 heavy (non-hydrogen) atoms. The molecule has 1 aromatic carbocycles. The molecule has 1 rings (SSSR count). The van der Waals surface area contributed by atoms with Crippen LogP contribution in [-0.2, 0) is 28.2 Å². The minimum atomic E-state index is -4.67. The van der Waals surface area contributed by atoms with Crippen LogP contribution in [0.25, 0.3) is 0 Å². The molecule has 0 aliphatic heterocycles. The van der Waals surface area contributed by atoms with Gasteiger partial charge in [0.1, 0.15) is 5.60 Å². The summed E-state index contributed by atoms with van der Waals surface area (Å²) in [6, 6.07) is 7.75. The van der Waals surface area contributed by atoms with Crippen LogP contribution in [-0.4, -0.2) is 29.2 Å². The fourth-order valence-corrected chi connectivity index (χ4v) is 1.41. The van der Waals surface area contributed by atoms with Crippen molar-refractivity contribution >= 4 is 16.5 Å². The zero-order chi connectivity index (χ0) is 17.4. The largest absolute Gasteiger partial charge is 0.444 e. The maximum absolute atomic E-state index is 11.5. The SMILES string of the molecule is CC(C)(C)OC(=O)NCc1ccccc1CN.O=S(=O)(O)O. The van der Waals surface area contributed by atoms with Crippen LogP contribution in [0.2, 0.25) is 0 Å². The summed E-state index contributed by atoms with van der Waals surface area (Å²) >= 11 is 0. The summed E-state index contributed by atoms with van der Waals surface area (Å²) in [7, 11) is -4.67. The van der Waals surface area contributed by atoms with E-state index in [0.717, 1.165) is 11.1 Å². The smallest absolute Gasteiger partial charge is 0.407 e. The van der Waals surface area contributed by atoms with E-state index >= 15 is 0 Å². The number of nitrogens with one attached hydrogen (secondary N) is 1. The minimum absolute atomic E-state index is 0.413. The average Bonchev–Trinajstić information content (AvgIpc) is 2.32. The molecule has 9 heteroatoms. The van der Waals surface area contributed by atoms with E-state index in [1.807, 2.05) is 45.0 Å². The Morgan fingerprint density at radius 3 is 2.09 bits per heavy atom. The molecule has 1 aromatic rings. The van der Waals surface area contributed by atoms with Gasteiger partial charge in [0, 0.05) is 13.1 Å². The van der Waals surface area contributed by atoms with Crippen molar-refractivity contribution in [2.24, 2.45) is 5.73 Å². The minimum Gasteiger partial charge on any atom is -0.444 e. The molecule has 0 radical (unpaired) electrons. The van der Waals surface area contributed by atoms with E-state index in [1.54, 1.807) is 0 Å². The molecule has 0 heterocycles. The molecule has 0 aliphatic carbocycles. The molecule has 0 atom stereocenters. The average molecular weight is 334 g/mol. The second-order valence-electron chi connectivity index (χ2n) is 5.28. The highest BCUT2D eigenvalue weighted by molar-refractivity contribution is 7.79. The summed E-state index contributed by atoms with van der Waals surface area (Å²) in [5, 5.41) is 2.71. The van der Waals surface area contributed by atoms with Crippen LogP contribution in [0.5, 0.6) is 0 Å². The van der Waals surface area contributed by atoms with Gasteiger partial charge in [0.05, 0.1) is 0 Å². The third-order valence-electron chi connectivity index (χ3n) is 2.16. The van der Waals surface area contributed by atoms with Crippen molar-refractivity contribution in [2.45, 2.75) is 39.5 Å². The summed E-state index contributed by atoms with van der Waals surface area (Å²) in [6.45, 7) is 6.40. The van der Waals surface area contributed by atoms with Crippen molar-refractivity contribution in [1.82, 2.24) is 5.32 Å². The van der Waals surface area contributed by atoms with Gasteiger partial charge in [-0.15, -0.1) is 0 Å². The van der Waals surface area contributed by atoms with E-state index < -0.39 is 22.1 Å². The van der Waals surface area contributed by atoms with Gasteiger partial charge in [0.25, 0.3) is 0 Å². The van der Waals surface area contributed by atoms with Crippen LogP contribution < -0.4 is 11.1 Å². The Balaban J connectivity index is 0.000000763. The Hall–Kier alpha value is -1.68. The topological polar surface area (TPSA) is 139 Å². The van der Waals surface area contributed by atoms with Crippen molar-refractivity contribution in [1.29, 1.82) is 0 Å². The first-order valence-corrected chi connectivity index (χ1v) is 7.75. The van der Waals surface area contributed by atoms with E-state index in [0.29, 0.717) is 13.1 Å². The summed E-state index contributed by atoms with van der Waals surface area (Å²) in [4.78, 5) is 11.5. The zero-order valence-corrected chi connectivity index (χ0v) is 13.6. The van der Waals surface area contributed by atoms with Crippen molar-refractivity contribution in [3.8, 4) is 0 Å². The highest BCUT2D eigenvalue weighted by atomic mass is 32.3. The maximum atomic E-state index is 11.5. The number of amides is 1. The first-order chi connectivity index (χ1) is 9.92. The first-order valence-electron chi connectivity index (χ1n) is 6.36. The standard InChI is InChI=1S/C13H20N2O2.H2O4S/c1-13(2,3)17-12(16)15-9-11-7-5-4-6-10(11)8-14;1-5(2,3)4/h4-7H,8-9,14H2,1-3H3,(H,15,16);(H2,1,2,3,4). The van der Waals surface area contributed by atoms with E-state index in [-0.39, 0.29) is 0 Å². The number of alkyl carbamates (subject to hydrolysis) is 1. The number of rotatable bonds is 3. The third kappa shape index (κ3) is 12.1. The van der Waals surface area contributed by atoms with Crippen molar-refractivity contribution in [2.75, 3.05) is 0 Å². The Kier molecular flexibility index (Phi) is 8.02. The second-order valence-corrected chi connectivity index (χ2v) is 6.17. The molecule has 0 unspecified atom stereocenters. The lowest BCUT2D eigenvalue weighted by molar-refractivity contribution is 0.0523. The van der Waals surface area contributed by atoms with Crippen LogP contribution in [0.15, 0.2) is 24.3 Å². The van der Waals surface area contributed by atoms with E-state index in [9.17, 15) is 4.79 Å². The summed E-state index contributed by atoms with van der Waals surface area (Å²) in [6.07, 6.45) is -0.413. The number of benzene rings is 1. The normalized spacial score (nSPS) is 11.2. The molecule has 126 valence electrons. The number of ether oxygens (including phenoxy) is 1. The van der Waals surface area contributed by atoms with Crippen molar-refractivity contribution in [3.63, 3.8) is 0 Å². The lowest BCUT2D eigenvalue weighted by Gasteiger charge is -2.20. The van der Waals surface area contributed by atoms with Crippen molar-refractivity contribution < 1.29 is 27.1 Å². The first kappa shape index (κ1) is 20.3. The van der Waals surface area contributed by atoms with Crippen LogP contribution >= 0.6 is 0 Å². The number of nitrogens with two attached hydrogens (primary N) is 1. The molecular weight excluding hydrogens is 312 g/mol. The molecule has 0 aliphatic rings. The molecule has 0 aromatic heterocycles.